The van der Waals surface area contributed by atoms with Gasteiger partial charge >= 0.3 is 0 Å². The maximum absolute atomic E-state index is 5.92. The number of hydrogen-bond acceptors (Lipinski definition) is 1. The lowest BCUT2D eigenvalue weighted by Gasteiger charge is -2.29. The molecule has 0 atom stereocenters. The fourth-order valence-electron chi connectivity index (χ4n) is 6.09. The molecule has 1 saturated carbocycles. The molecule has 208 valence electrons. The van der Waals surface area contributed by atoms with Crippen LogP contribution in [0.15, 0.2) is 60.7 Å². The molecule has 1 aliphatic carbocycles. The summed E-state index contributed by atoms with van der Waals surface area (Å²) in [5, 5.41) is 2.41. The molecule has 0 aliphatic heterocycles. The summed E-state index contributed by atoms with van der Waals surface area (Å²) in [6, 6.07) is 21.9. The molecule has 0 saturated heterocycles. The van der Waals surface area contributed by atoms with Crippen molar-refractivity contribution in [3.8, 4) is 17.6 Å². The van der Waals surface area contributed by atoms with E-state index in [0.29, 0.717) is 0 Å². The molecule has 0 heterocycles. The lowest BCUT2D eigenvalue weighted by atomic mass is 9.77. The summed E-state index contributed by atoms with van der Waals surface area (Å²) in [4.78, 5) is 0. The Balaban J connectivity index is 1.22. The highest BCUT2D eigenvalue weighted by Crippen LogP contribution is 2.37. The Bertz CT molecular complexity index is 1170. The van der Waals surface area contributed by atoms with Gasteiger partial charge in [-0.3, -0.25) is 0 Å². The van der Waals surface area contributed by atoms with Crippen LogP contribution in [0.3, 0.4) is 0 Å². The van der Waals surface area contributed by atoms with Crippen LogP contribution in [0, 0.1) is 17.8 Å². The Morgan fingerprint density at radius 3 is 2.00 bits per heavy atom. The summed E-state index contributed by atoms with van der Waals surface area (Å²) in [7, 11) is 0. The van der Waals surface area contributed by atoms with Crippen molar-refractivity contribution in [2.45, 2.75) is 116 Å². The first-order chi connectivity index (χ1) is 19.2. The molecule has 0 bridgehead atoms. The number of fused-ring (bicyclic) bond motifs is 1. The predicted molar refractivity (Wildman–Crippen MR) is 169 cm³/mol. The van der Waals surface area contributed by atoms with Gasteiger partial charge in [0, 0.05) is 11.1 Å². The molecule has 1 aliphatic rings. The second-order valence-corrected chi connectivity index (χ2v) is 11.8. The highest BCUT2D eigenvalue weighted by atomic mass is 16.5. The molecule has 39 heavy (non-hydrogen) atoms. The SMILES string of the molecule is CCCCCCCCCC1CCC(c2ccc(C#Cc3ccc4cc(OCCCCC)ccc4c3)cc2)CC1. The van der Waals surface area contributed by atoms with E-state index < -0.39 is 0 Å². The first-order valence-electron chi connectivity index (χ1n) is 16.0. The van der Waals surface area contributed by atoms with E-state index in [1.165, 1.54) is 106 Å². The molecule has 0 amide bonds. The van der Waals surface area contributed by atoms with Crippen LogP contribution in [0.25, 0.3) is 10.8 Å². The Morgan fingerprint density at radius 2 is 1.23 bits per heavy atom. The highest BCUT2D eigenvalue weighted by Gasteiger charge is 2.21. The van der Waals surface area contributed by atoms with E-state index in [0.717, 1.165) is 41.7 Å². The van der Waals surface area contributed by atoms with Gasteiger partial charge in [-0.15, -0.1) is 0 Å². The minimum Gasteiger partial charge on any atom is -0.494 e. The molecule has 0 N–H and O–H groups in total. The summed E-state index contributed by atoms with van der Waals surface area (Å²) in [6.45, 7) is 5.31. The van der Waals surface area contributed by atoms with Crippen LogP contribution < -0.4 is 4.74 Å². The van der Waals surface area contributed by atoms with E-state index in [-0.39, 0.29) is 0 Å². The van der Waals surface area contributed by atoms with Crippen molar-refractivity contribution in [1.29, 1.82) is 0 Å². The van der Waals surface area contributed by atoms with Crippen molar-refractivity contribution < 1.29 is 4.74 Å². The van der Waals surface area contributed by atoms with E-state index >= 15 is 0 Å². The third kappa shape index (κ3) is 9.76. The van der Waals surface area contributed by atoms with E-state index in [9.17, 15) is 0 Å². The Morgan fingerprint density at radius 1 is 0.615 bits per heavy atom. The summed E-state index contributed by atoms with van der Waals surface area (Å²) in [6.07, 6.45) is 20.5. The normalized spacial score (nSPS) is 17.1. The number of rotatable bonds is 14. The largest absolute Gasteiger partial charge is 0.494 e. The van der Waals surface area contributed by atoms with Crippen LogP contribution in [-0.2, 0) is 0 Å². The van der Waals surface area contributed by atoms with Crippen LogP contribution in [0.1, 0.15) is 133 Å². The zero-order valence-electron chi connectivity index (χ0n) is 24.7. The average molecular weight is 523 g/mol. The molecule has 0 spiro atoms. The minimum absolute atomic E-state index is 0.735. The van der Waals surface area contributed by atoms with Crippen molar-refractivity contribution in [1.82, 2.24) is 0 Å². The van der Waals surface area contributed by atoms with Crippen LogP contribution >= 0.6 is 0 Å². The molecule has 0 unspecified atom stereocenters. The fourth-order valence-corrected chi connectivity index (χ4v) is 6.09. The lowest BCUT2D eigenvalue weighted by Crippen LogP contribution is -2.13. The lowest BCUT2D eigenvalue weighted by molar-refractivity contribution is 0.302. The number of benzene rings is 3. The standard InChI is InChI=1S/C38H50O/c1-3-5-7-8-9-10-11-13-31-16-21-34(22-17-31)35-23-18-32(19-24-35)14-15-33-20-25-37-30-38(27-26-36(37)29-33)39-28-12-6-4-2/h18-20,23-27,29-31,34H,3-13,16-17,21-22,28H2,1-2H3. The third-order valence-corrected chi connectivity index (χ3v) is 8.62. The molecule has 1 nitrogen and oxygen atoms in total. The fraction of sp³-hybridized carbons (Fsp3) is 0.526. The van der Waals surface area contributed by atoms with Gasteiger partial charge in [-0.05, 0) is 96.7 Å². The van der Waals surface area contributed by atoms with Gasteiger partial charge in [0.15, 0.2) is 0 Å². The van der Waals surface area contributed by atoms with Crippen molar-refractivity contribution in [2.24, 2.45) is 5.92 Å². The van der Waals surface area contributed by atoms with E-state index in [4.69, 9.17) is 4.74 Å². The van der Waals surface area contributed by atoms with Gasteiger partial charge < -0.3 is 4.74 Å². The maximum Gasteiger partial charge on any atom is 0.119 e. The summed E-state index contributed by atoms with van der Waals surface area (Å²) in [5.74, 6) is 9.42. The number of unbranched alkanes of at least 4 members (excludes halogenated alkanes) is 8. The molecule has 0 radical (unpaired) electrons. The third-order valence-electron chi connectivity index (χ3n) is 8.62. The van der Waals surface area contributed by atoms with E-state index in [2.05, 4.69) is 86.4 Å². The van der Waals surface area contributed by atoms with Gasteiger partial charge in [0.2, 0.25) is 0 Å². The number of hydrogen-bond donors (Lipinski definition) is 0. The van der Waals surface area contributed by atoms with Crippen LogP contribution in [0.4, 0.5) is 0 Å². The predicted octanol–water partition coefficient (Wildman–Crippen LogP) is 11.2. The Labute approximate surface area is 238 Å². The summed E-state index contributed by atoms with van der Waals surface area (Å²) in [5.41, 5.74) is 3.66. The minimum atomic E-state index is 0.735. The summed E-state index contributed by atoms with van der Waals surface area (Å²) >= 11 is 0. The molecular weight excluding hydrogens is 472 g/mol. The Hall–Kier alpha value is -2.72. The molecular formula is C38H50O. The van der Waals surface area contributed by atoms with Crippen molar-refractivity contribution in [2.75, 3.05) is 6.61 Å². The smallest absolute Gasteiger partial charge is 0.119 e. The molecule has 0 aromatic heterocycles. The van der Waals surface area contributed by atoms with Crippen molar-refractivity contribution in [3.63, 3.8) is 0 Å². The van der Waals surface area contributed by atoms with Crippen molar-refractivity contribution >= 4 is 10.8 Å². The zero-order chi connectivity index (χ0) is 27.1. The molecule has 3 aromatic carbocycles. The van der Waals surface area contributed by atoms with E-state index in [1.54, 1.807) is 0 Å². The highest BCUT2D eigenvalue weighted by molar-refractivity contribution is 5.85. The molecule has 1 heteroatoms. The van der Waals surface area contributed by atoms with Gasteiger partial charge in [-0.2, -0.15) is 0 Å². The second-order valence-electron chi connectivity index (χ2n) is 11.8. The van der Waals surface area contributed by atoms with Crippen LogP contribution in [0.2, 0.25) is 0 Å². The van der Waals surface area contributed by atoms with Crippen LogP contribution in [-0.4, -0.2) is 6.61 Å². The topological polar surface area (TPSA) is 9.23 Å². The van der Waals surface area contributed by atoms with Gasteiger partial charge in [0.05, 0.1) is 6.61 Å². The first-order valence-corrected chi connectivity index (χ1v) is 16.0. The number of ether oxygens (including phenoxy) is 1. The molecule has 3 aromatic rings. The van der Waals surface area contributed by atoms with Gasteiger partial charge in [-0.1, -0.05) is 114 Å². The maximum atomic E-state index is 5.92. The second kappa shape index (κ2) is 16.4. The molecule has 4 rings (SSSR count). The van der Waals surface area contributed by atoms with Gasteiger partial charge in [0.1, 0.15) is 5.75 Å². The summed E-state index contributed by atoms with van der Waals surface area (Å²) < 4.78 is 5.92. The Kier molecular flexibility index (Phi) is 12.3. The average Bonchev–Trinajstić information content (AvgIpc) is 2.98. The van der Waals surface area contributed by atoms with E-state index in [1.807, 2.05) is 0 Å². The quantitative estimate of drug-likeness (QED) is 0.151. The first kappa shape index (κ1) is 29.3. The van der Waals surface area contributed by atoms with Gasteiger partial charge in [0.25, 0.3) is 0 Å². The zero-order valence-corrected chi connectivity index (χ0v) is 24.7. The van der Waals surface area contributed by atoms with Crippen molar-refractivity contribution in [3.05, 3.63) is 77.4 Å². The van der Waals surface area contributed by atoms with Gasteiger partial charge in [-0.25, -0.2) is 0 Å². The monoisotopic (exact) mass is 522 g/mol. The van der Waals surface area contributed by atoms with Crippen LogP contribution in [0.5, 0.6) is 5.75 Å². The molecule has 1 fully saturated rings.